The van der Waals surface area contributed by atoms with Crippen LogP contribution in [0.2, 0.25) is 0 Å². The van der Waals surface area contributed by atoms with Crippen molar-refractivity contribution in [3.8, 4) is 0 Å². The lowest BCUT2D eigenvalue weighted by molar-refractivity contribution is 0.642. The Labute approximate surface area is 150 Å². The van der Waals surface area contributed by atoms with Crippen LogP contribution < -0.4 is 0 Å². The van der Waals surface area contributed by atoms with Crippen molar-refractivity contribution in [2.75, 3.05) is 0 Å². The summed E-state index contributed by atoms with van der Waals surface area (Å²) >= 11 is 0. The number of allylic oxidation sites excluding steroid dienone is 1. The van der Waals surface area contributed by atoms with E-state index < -0.39 is 0 Å². The van der Waals surface area contributed by atoms with Gasteiger partial charge in [-0.15, -0.1) is 5.73 Å². The summed E-state index contributed by atoms with van der Waals surface area (Å²) in [6.45, 7) is 4.64. The minimum Gasteiger partial charge on any atom is -0.111 e. The molecule has 0 heteroatoms. The molecule has 1 atom stereocenters. The van der Waals surface area contributed by atoms with Gasteiger partial charge in [0.1, 0.15) is 0 Å². The van der Waals surface area contributed by atoms with Gasteiger partial charge in [0.15, 0.2) is 0 Å². The maximum atomic E-state index is 3.80. The molecule has 1 fully saturated rings. The molecule has 0 amide bonds. The van der Waals surface area contributed by atoms with Crippen LogP contribution in [-0.2, 0) is 0 Å². The van der Waals surface area contributed by atoms with Crippen molar-refractivity contribution in [1.29, 1.82) is 0 Å². The summed E-state index contributed by atoms with van der Waals surface area (Å²) in [6.07, 6.45) is 0. The average Bonchev–Trinajstić information content (AvgIpc) is 3.22. The van der Waals surface area contributed by atoms with E-state index in [1.807, 2.05) is 0 Å². The molecule has 1 aliphatic carbocycles. The van der Waals surface area contributed by atoms with E-state index in [9.17, 15) is 0 Å². The Morgan fingerprint density at radius 3 is 1.60 bits per heavy atom. The van der Waals surface area contributed by atoms with Crippen molar-refractivity contribution in [3.63, 3.8) is 0 Å². The van der Waals surface area contributed by atoms with Crippen molar-refractivity contribution in [2.45, 2.75) is 19.8 Å². The largest absolute Gasteiger partial charge is 0.111 e. The first-order valence-electron chi connectivity index (χ1n) is 8.85. The summed E-state index contributed by atoms with van der Waals surface area (Å²) in [6, 6.07) is 32.0. The highest BCUT2D eigenvalue weighted by Crippen LogP contribution is 2.63. The van der Waals surface area contributed by atoms with E-state index in [1.165, 1.54) is 27.8 Å². The van der Waals surface area contributed by atoms with E-state index in [0.717, 1.165) is 0 Å². The summed E-state index contributed by atoms with van der Waals surface area (Å²) in [7, 11) is 0. The van der Waals surface area contributed by atoms with E-state index in [1.54, 1.807) is 0 Å². The van der Waals surface area contributed by atoms with E-state index in [-0.39, 0.29) is 5.41 Å². The van der Waals surface area contributed by atoms with Gasteiger partial charge in [0.25, 0.3) is 0 Å². The number of hydrogen-bond donors (Lipinski definition) is 0. The summed E-state index contributed by atoms with van der Waals surface area (Å²) in [5.74, 6) is 0.455. The van der Waals surface area contributed by atoms with Crippen molar-refractivity contribution in [2.24, 2.45) is 5.41 Å². The molecular weight excluding hydrogens is 300 g/mol. The Hall–Kier alpha value is -2.82. The normalized spacial score (nSPS) is 17.7. The molecule has 25 heavy (non-hydrogen) atoms. The summed E-state index contributed by atoms with van der Waals surface area (Å²) < 4.78 is 0. The maximum Gasteiger partial charge on any atom is 0.0309 e. The van der Waals surface area contributed by atoms with Gasteiger partial charge in [-0.25, -0.2) is 0 Å². The van der Waals surface area contributed by atoms with Crippen LogP contribution in [-0.4, -0.2) is 0 Å². The topological polar surface area (TPSA) is 0 Å². The molecule has 0 radical (unpaired) electrons. The Morgan fingerprint density at radius 1 is 0.680 bits per heavy atom. The highest BCUT2D eigenvalue weighted by Gasteiger charge is 2.53. The minimum atomic E-state index is 0.163. The van der Waals surface area contributed by atoms with E-state index in [0.29, 0.717) is 5.92 Å². The molecule has 122 valence electrons. The van der Waals surface area contributed by atoms with E-state index in [4.69, 9.17) is 0 Å². The number of hydrogen-bond acceptors (Lipinski definition) is 0. The molecule has 0 saturated heterocycles. The lowest BCUT2D eigenvalue weighted by atomic mass is 9.98. The molecule has 0 bridgehead atoms. The van der Waals surface area contributed by atoms with Gasteiger partial charge in [-0.1, -0.05) is 105 Å². The molecule has 1 aliphatic rings. The lowest BCUT2D eigenvalue weighted by Crippen LogP contribution is -1.88. The SMILES string of the molecule is CC1(C)C(=C=C(c2ccccc2)c2ccccc2)C1c1ccccc1. The molecule has 1 saturated carbocycles. The van der Waals surface area contributed by atoms with Crippen molar-refractivity contribution < 1.29 is 0 Å². The zero-order chi connectivity index (χ0) is 17.3. The highest BCUT2D eigenvalue weighted by atomic mass is 14.5. The quantitative estimate of drug-likeness (QED) is 0.485. The van der Waals surface area contributed by atoms with Gasteiger partial charge in [-0.05, 0) is 22.3 Å². The first-order chi connectivity index (χ1) is 12.2. The molecule has 0 N–H and O–H groups in total. The molecule has 0 nitrogen and oxygen atoms in total. The molecule has 3 aromatic rings. The molecule has 1 unspecified atom stereocenters. The van der Waals surface area contributed by atoms with Crippen LogP contribution in [0.1, 0.15) is 36.5 Å². The first-order valence-corrected chi connectivity index (χ1v) is 8.85. The second kappa shape index (κ2) is 6.24. The molecule has 0 aliphatic heterocycles. The summed E-state index contributed by atoms with van der Waals surface area (Å²) in [4.78, 5) is 0. The first kappa shape index (κ1) is 15.7. The van der Waals surface area contributed by atoms with E-state index in [2.05, 4.69) is 111 Å². The van der Waals surface area contributed by atoms with Crippen molar-refractivity contribution in [3.05, 3.63) is 119 Å². The second-order valence-corrected chi connectivity index (χ2v) is 7.21. The van der Waals surface area contributed by atoms with Crippen molar-refractivity contribution in [1.82, 2.24) is 0 Å². The fourth-order valence-electron chi connectivity index (χ4n) is 3.66. The Morgan fingerprint density at radius 2 is 1.12 bits per heavy atom. The predicted molar refractivity (Wildman–Crippen MR) is 105 cm³/mol. The molecule has 3 aromatic carbocycles. The average molecular weight is 322 g/mol. The standard InChI is InChI=1S/C25H22/c1-25(2)23(24(25)21-16-10-5-11-17-21)18-22(19-12-6-3-7-13-19)20-14-8-4-9-15-20/h3-17,24H,1-2H3. The van der Waals surface area contributed by atoms with Crippen molar-refractivity contribution >= 4 is 5.57 Å². The number of benzene rings is 3. The zero-order valence-corrected chi connectivity index (χ0v) is 14.7. The van der Waals surface area contributed by atoms with Crippen LogP contribution in [0, 0.1) is 5.41 Å². The maximum absolute atomic E-state index is 3.80. The van der Waals surface area contributed by atoms with Crippen LogP contribution >= 0.6 is 0 Å². The van der Waals surface area contributed by atoms with Crippen LogP contribution in [0.25, 0.3) is 5.57 Å². The van der Waals surface area contributed by atoms with Gasteiger partial charge in [0, 0.05) is 16.9 Å². The van der Waals surface area contributed by atoms with Crippen LogP contribution in [0.15, 0.2) is 102 Å². The third kappa shape index (κ3) is 2.97. The fraction of sp³-hybridized carbons (Fsp3) is 0.160. The van der Waals surface area contributed by atoms with Gasteiger partial charge in [0.2, 0.25) is 0 Å². The molecule has 0 aromatic heterocycles. The minimum absolute atomic E-state index is 0.163. The highest BCUT2D eigenvalue weighted by molar-refractivity contribution is 5.80. The Kier molecular flexibility index (Phi) is 3.92. The molecule has 4 rings (SSSR count). The van der Waals surface area contributed by atoms with Crippen LogP contribution in [0.3, 0.4) is 0 Å². The smallest absolute Gasteiger partial charge is 0.0309 e. The Balaban J connectivity index is 1.89. The fourth-order valence-corrected chi connectivity index (χ4v) is 3.66. The number of rotatable bonds is 3. The second-order valence-electron chi connectivity index (χ2n) is 7.21. The van der Waals surface area contributed by atoms with Gasteiger partial charge in [0.05, 0.1) is 0 Å². The third-order valence-electron chi connectivity index (χ3n) is 5.14. The summed E-state index contributed by atoms with van der Waals surface area (Å²) in [5, 5.41) is 0. The third-order valence-corrected chi connectivity index (χ3v) is 5.14. The van der Waals surface area contributed by atoms with E-state index >= 15 is 0 Å². The monoisotopic (exact) mass is 322 g/mol. The predicted octanol–water partition coefficient (Wildman–Crippen LogP) is 6.47. The lowest BCUT2D eigenvalue weighted by Gasteiger charge is -2.05. The van der Waals surface area contributed by atoms with Gasteiger partial charge < -0.3 is 0 Å². The molecule has 0 heterocycles. The molecular formula is C25H22. The zero-order valence-electron chi connectivity index (χ0n) is 14.7. The van der Waals surface area contributed by atoms with Crippen LogP contribution in [0.5, 0.6) is 0 Å². The van der Waals surface area contributed by atoms with Crippen LogP contribution in [0.4, 0.5) is 0 Å². The summed E-state index contributed by atoms with van der Waals surface area (Å²) in [5.41, 5.74) is 10.4. The van der Waals surface area contributed by atoms with Gasteiger partial charge in [-0.3, -0.25) is 0 Å². The van der Waals surface area contributed by atoms with Gasteiger partial charge in [-0.2, -0.15) is 0 Å². The Bertz CT molecular complexity index is 884. The van der Waals surface area contributed by atoms with Gasteiger partial charge >= 0.3 is 0 Å². The molecule has 0 spiro atoms.